The third kappa shape index (κ3) is 3.28. The van der Waals surface area contributed by atoms with Crippen LogP contribution in [0.1, 0.15) is 56.9 Å². The van der Waals surface area contributed by atoms with E-state index < -0.39 is 0 Å². The van der Waals surface area contributed by atoms with Gasteiger partial charge in [0.1, 0.15) is 0 Å². The number of rotatable bonds is 6. The molecular formula is C15H24N4O. The standard InChI is InChI=1S/C15H24N4O/c1-10(2)14(16-5)12-6-7-19(8-12)9-13-17-15(11(3)4)20-18-13/h6-8,10-11,14,16H,9H2,1-5H3. The summed E-state index contributed by atoms with van der Waals surface area (Å²) in [6, 6.07) is 2.51. The van der Waals surface area contributed by atoms with Gasteiger partial charge >= 0.3 is 0 Å². The summed E-state index contributed by atoms with van der Waals surface area (Å²) in [4.78, 5) is 4.40. The molecule has 1 unspecified atom stereocenters. The Morgan fingerprint density at radius 3 is 2.60 bits per heavy atom. The minimum absolute atomic E-state index is 0.270. The molecule has 0 aromatic carbocycles. The topological polar surface area (TPSA) is 55.9 Å². The van der Waals surface area contributed by atoms with Crippen LogP contribution in [0.2, 0.25) is 0 Å². The third-order valence-electron chi connectivity index (χ3n) is 3.41. The first-order valence-electron chi connectivity index (χ1n) is 7.16. The van der Waals surface area contributed by atoms with E-state index in [2.05, 4.69) is 52.3 Å². The summed E-state index contributed by atoms with van der Waals surface area (Å²) in [5.41, 5.74) is 1.29. The first kappa shape index (κ1) is 14.8. The second-order valence-electron chi connectivity index (χ2n) is 5.83. The van der Waals surface area contributed by atoms with Crippen molar-refractivity contribution >= 4 is 0 Å². The SMILES string of the molecule is CNC(c1ccn(Cc2noc(C(C)C)n2)c1)C(C)C. The molecule has 2 rings (SSSR count). The number of nitrogens with zero attached hydrogens (tertiary/aromatic N) is 3. The van der Waals surface area contributed by atoms with Crippen LogP contribution in [0, 0.1) is 5.92 Å². The van der Waals surface area contributed by atoms with Gasteiger partial charge in [0.15, 0.2) is 5.82 Å². The number of aromatic nitrogens is 3. The lowest BCUT2D eigenvalue weighted by molar-refractivity contribution is 0.360. The Morgan fingerprint density at radius 2 is 2.05 bits per heavy atom. The molecule has 1 atom stereocenters. The second kappa shape index (κ2) is 6.22. The van der Waals surface area contributed by atoms with Crippen molar-refractivity contribution in [2.75, 3.05) is 7.05 Å². The van der Waals surface area contributed by atoms with Gasteiger partial charge in [0.2, 0.25) is 5.89 Å². The Hall–Kier alpha value is -1.62. The lowest BCUT2D eigenvalue weighted by atomic mass is 9.99. The maximum Gasteiger partial charge on any atom is 0.229 e. The van der Waals surface area contributed by atoms with E-state index in [0.717, 1.165) is 5.82 Å². The normalized spacial score (nSPS) is 13.3. The molecule has 0 aliphatic rings. The maximum absolute atomic E-state index is 5.23. The van der Waals surface area contributed by atoms with Crippen molar-refractivity contribution in [2.24, 2.45) is 5.92 Å². The second-order valence-corrected chi connectivity index (χ2v) is 5.83. The van der Waals surface area contributed by atoms with E-state index in [0.29, 0.717) is 24.4 Å². The van der Waals surface area contributed by atoms with E-state index >= 15 is 0 Å². The zero-order chi connectivity index (χ0) is 14.7. The highest BCUT2D eigenvalue weighted by Crippen LogP contribution is 2.21. The Morgan fingerprint density at radius 1 is 1.30 bits per heavy atom. The van der Waals surface area contributed by atoms with Crippen LogP contribution < -0.4 is 5.32 Å². The van der Waals surface area contributed by atoms with Gasteiger partial charge in [-0.25, -0.2) is 0 Å². The molecule has 0 saturated carbocycles. The van der Waals surface area contributed by atoms with Crippen molar-refractivity contribution in [2.45, 2.75) is 46.2 Å². The summed E-state index contributed by atoms with van der Waals surface area (Å²) in [6.45, 7) is 9.17. The molecule has 5 nitrogen and oxygen atoms in total. The van der Waals surface area contributed by atoms with Crippen LogP contribution in [0.25, 0.3) is 0 Å². The zero-order valence-electron chi connectivity index (χ0n) is 12.9. The molecule has 0 bridgehead atoms. The fourth-order valence-corrected chi connectivity index (χ4v) is 2.36. The summed E-state index contributed by atoms with van der Waals surface area (Å²) in [5.74, 6) is 2.24. The molecular weight excluding hydrogens is 252 g/mol. The van der Waals surface area contributed by atoms with Gasteiger partial charge < -0.3 is 14.4 Å². The molecule has 2 heterocycles. The quantitative estimate of drug-likeness (QED) is 0.881. The van der Waals surface area contributed by atoms with Gasteiger partial charge in [-0.15, -0.1) is 0 Å². The van der Waals surface area contributed by atoms with Crippen molar-refractivity contribution in [1.82, 2.24) is 20.0 Å². The van der Waals surface area contributed by atoms with E-state index in [-0.39, 0.29) is 5.92 Å². The first-order valence-corrected chi connectivity index (χ1v) is 7.16. The average Bonchev–Trinajstić information content (AvgIpc) is 3.00. The molecule has 0 radical (unpaired) electrons. The summed E-state index contributed by atoms with van der Waals surface area (Å²) in [5, 5.41) is 7.37. The maximum atomic E-state index is 5.23. The molecule has 0 spiro atoms. The number of nitrogens with one attached hydrogen (secondary N) is 1. The van der Waals surface area contributed by atoms with Crippen molar-refractivity contribution < 1.29 is 4.52 Å². The summed E-state index contributed by atoms with van der Waals surface area (Å²) >= 11 is 0. The number of hydrogen-bond donors (Lipinski definition) is 1. The highest BCUT2D eigenvalue weighted by atomic mass is 16.5. The van der Waals surface area contributed by atoms with Crippen molar-refractivity contribution in [3.63, 3.8) is 0 Å². The molecule has 0 aliphatic carbocycles. The van der Waals surface area contributed by atoms with Crippen molar-refractivity contribution in [3.05, 3.63) is 35.7 Å². The average molecular weight is 276 g/mol. The van der Waals surface area contributed by atoms with Crippen LogP contribution in [0.15, 0.2) is 23.0 Å². The summed E-state index contributed by atoms with van der Waals surface area (Å²) < 4.78 is 7.32. The first-order chi connectivity index (χ1) is 9.51. The lowest BCUT2D eigenvalue weighted by Crippen LogP contribution is -2.21. The molecule has 0 saturated heterocycles. The number of hydrogen-bond acceptors (Lipinski definition) is 4. The van der Waals surface area contributed by atoms with Crippen LogP contribution >= 0.6 is 0 Å². The van der Waals surface area contributed by atoms with Crippen LogP contribution in [-0.2, 0) is 6.54 Å². The predicted molar refractivity (Wildman–Crippen MR) is 78.6 cm³/mol. The molecule has 20 heavy (non-hydrogen) atoms. The Kier molecular flexibility index (Phi) is 4.60. The van der Waals surface area contributed by atoms with Crippen molar-refractivity contribution in [1.29, 1.82) is 0 Å². The van der Waals surface area contributed by atoms with E-state index in [1.165, 1.54) is 5.56 Å². The molecule has 2 aromatic heterocycles. The van der Waals surface area contributed by atoms with Gasteiger partial charge in [0.25, 0.3) is 0 Å². The molecule has 1 N–H and O–H groups in total. The molecule has 0 fully saturated rings. The van der Waals surface area contributed by atoms with Gasteiger partial charge in [0, 0.05) is 24.4 Å². The molecule has 2 aromatic rings. The van der Waals surface area contributed by atoms with Crippen LogP contribution in [0.4, 0.5) is 0 Å². The van der Waals surface area contributed by atoms with Crippen LogP contribution in [0.5, 0.6) is 0 Å². The Bertz CT molecular complexity index is 542. The van der Waals surface area contributed by atoms with Crippen molar-refractivity contribution in [3.8, 4) is 0 Å². The van der Waals surface area contributed by atoms with Gasteiger partial charge in [-0.05, 0) is 24.6 Å². The van der Waals surface area contributed by atoms with Crippen LogP contribution in [0.3, 0.4) is 0 Å². The minimum atomic E-state index is 0.270. The minimum Gasteiger partial charge on any atom is -0.346 e. The Balaban J connectivity index is 2.08. The van der Waals surface area contributed by atoms with Gasteiger partial charge in [-0.2, -0.15) is 4.98 Å². The third-order valence-corrected chi connectivity index (χ3v) is 3.41. The largest absolute Gasteiger partial charge is 0.346 e. The lowest BCUT2D eigenvalue weighted by Gasteiger charge is -2.18. The predicted octanol–water partition coefficient (Wildman–Crippen LogP) is 2.96. The fourth-order valence-electron chi connectivity index (χ4n) is 2.36. The smallest absolute Gasteiger partial charge is 0.229 e. The van der Waals surface area contributed by atoms with E-state index in [4.69, 9.17) is 4.52 Å². The van der Waals surface area contributed by atoms with E-state index in [1.807, 2.05) is 20.9 Å². The molecule has 110 valence electrons. The van der Waals surface area contributed by atoms with E-state index in [9.17, 15) is 0 Å². The van der Waals surface area contributed by atoms with Gasteiger partial charge in [0.05, 0.1) is 6.54 Å². The molecule has 0 aliphatic heterocycles. The Labute approximate surface area is 120 Å². The highest BCUT2D eigenvalue weighted by molar-refractivity contribution is 5.16. The summed E-state index contributed by atoms with van der Waals surface area (Å²) in [7, 11) is 2.00. The summed E-state index contributed by atoms with van der Waals surface area (Å²) in [6.07, 6.45) is 4.21. The fraction of sp³-hybridized carbons (Fsp3) is 0.600. The zero-order valence-corrected chi connectivity index (χ0v) is 12.9. The van der Waals surface area contributed by atoms with Gasteiger partial charge in [-0.3, -0.25) is 0 Å². The highest BCUT2D eigenvalue weighted by Gasteiger charge is 2.15. The monoisotopic (exact) mass is 276 g/mol. The van der Waals surface area contributed by atoms with E-state index in [1.54, 1.807) is 0 Å². The van der Waals surface area contributed by atoms with Gasteiger partial charge in [-0.1, -0.05) is 32.9 Å². The molecule has 0 amide bonds. The molecule has 5 heteroatoms. The van der Waals surface area contributed by atoms with Crippen LogP contribution in [-0.4, -0.2) is 21.8 Å².